The normalized spacial score (nSPS) is 17.9. The minimum atomic E-state index is -0.000215. The summed E-state index contributed by atoms with van der Waals surface area (Å²) in [6.45, 7) is 5.89. The fourth-order valence-electron chi connectivity index (χ4n) is 4.13. The number of nitrogens with one attached hydrogen (secondary N) is 1. The topological polar surface area (TPSA) is 76.6 Å². The number of pyridine rings is 2. The van der Waals surface area contributed by atoms with Gasteiger partial charge in [0.2, 0.25) is 6.79 Å². The molecular formula is C23H24N4O3. The lowest BCUT2D eigenvalue weighted by Gasteiger charge is -2.31. The van der Waals surface area contributed by atoms with Crippen molar-refractivity contribution in [2.75, 3.05) is 25.2 Å². The van der Waals surface area contributed by atoms with Crippen molar-refractivity contribution < 1.29 is 14.3 Å². The predicted molar refractivity (Wildman–Crippen MR) is 114 cm³/mol. The fraction of sp³-hybridized carbons (Fsp3) is 0.348. The first-order valence-corrected chi connectivity index (χ1v) is 10.3. The number of piperidine rings is 1. The number of benzene rings is 1. The molecule has 0 aliphatic carbocycles. The maximum atomic E-state index is 13.4. The van der Waals surface area contributed by atoms with Gasteiger partial charge in [0.1, 0.15) is 0 Å². The lowest BCUT2D eigenvalue weighted by atomic mass is 9.99. The van der Waals surface area contributed by atoms with E-state index in [1.165, 1.54) is 0 Å². The minimum absolute atomic E-state index is 0.000215. The number of likely N-dealkylation sites (tertiary alicyclic amines) is 1. The Bertz CT molecular complexity index is 1130. The molecule has 30 heavy (non-hydrogen) atoms. The summed E-state index contributed by atoms with van der Waals surface area (Å²) >= 11 is 0. The molecule has 3 aromatic rings. The number of ether oxygens (including phenoxy) is 2. The van der Waals surface area contributed by atoms with Crippen LogP contribution in [0.2, 0.25) is 0 Å². The standard InChI is InChI=1S/C23H24N4O3/c1-14-4-3-9-27(12-14)23(28)18-11-24-22-17(7-5-15(2)25-22)21(18)26-16-6-8-19-20(10-16)30-13-29-19/h5-8,10-11,14H,3-4,9,12-13H2,1-2H3,(H,24,25,26)/t14-/m1/s1. The average molecular weight is 404 g/mol. The van der Waals surface area contributed by atoms with Gasteiger partial charge >= 0.3 is 0 Å². The van der Waals surface area contributed by atoms with Crippen molar-refractivity contribution in [1.82, 2.24) is 14.9 Å². The number of nitrogens with zero attached hydrogens (tertiary/aromatic N) is 3. The maximum Gasteiger partial charge on any atom is 0.257 e. The number of rotatable bonds is 3. The quantitative estimate of drug-likeness (QED) is 0.702. The van der Waals surface area contributed by atoms with Crippen LogP contribution in [0.5, 0.6) is 11.5 Å². The maximum absolute atomic E-state index is 13.4. The predicted octanol–water partition coefficient (Wildman–Crippen LogP) is 4.28. The number of aromatic nitrogens is 2. The van der Waals surface area contributed by atoms with Gasteiger partial charge in [0, 0.05) is 42.1 Å². The van der Waals surface area contributed by atoms with Crippen molar-refractivity contribution in [3.05, 3.63) is 47.8 Å². The highest BCUT2D eigenvalue weighted by Gasteiger charge is 2.26. The molecule has 1 fully saturated rings. The first-order chi connectivity index (χ1) is 14.6. The van der Waals surface area contributed by atoms with E-state index in [1.54, 1.807) is 6.20 Å². The fourth-order valence-corrected chi connectivity index (χ4v) is 4.13. The molecule has 7 heteroatoms. The van der Waals surface area contributed by atoms with E-state index in [2.05, 4.69) is 22.2 Å². The molecule has 1 aromatic carbocycles. The Kier molecular flexibility index (Phi) is 4.65. The molecule has 154 valence electrons. The highest BCUT2D eigenvalue weighted by molar-refractivity contribution is 6.07. The zero-order valence-electron chi connectivity index (χ0n) is 17.1. The van der Waals surface area contributed by atoms with Crippen LogP contribution in [0.25, 0.3) is 11.0 Å². The largest absolute Gasteiger partial charge is 0.454 e. The van der Waals surface area contributed by atoms with Gasteiger partial charge in [0.15, 0.2) is 17.1 Å². The molecule has 0 spiro atoms. The Balaban J connectivity index is 1.58. The molecule has 2 aliphatic heterocycles. The third kappa shape index (κ3) is 3.40. The van der Waals surface area contributed by atoms with Gasteiger partial charge in [-0.05, 0) is 49.9 Å². The lowest BCUT2D eigenvalue weighted by Crippen LogP contribution is -2.39. The van der Waals surface area contributed by atoms with Crippen LogP contribution in [0.15, 0.2) is 36.5 Å². The van der Waals surface area contributed by atoms with Crippen LogP contribution in [0, 0.1) is 12.8 Å². The summed E-state index contributed by atoms with van der Waals surface area (Å²) < 4.78 is 10.9. The van der Waals surface area contributed by atoms with Gasteiger partial charge in [-0.3, -0.25) is 4.79 Å². The highest BCUT2D eigenvalue weighted by Crippen LogP contribution is 2.37. The molecule has 5 rings (SSSR count). The number of hydrogen-bond acceptors (Lipinski definition) is 6. The Morgan fingerprint density at radius 1 is 1.20 bits per heavy atom. The van der Waals surface area contributed by atoms with Crippen LogP contribution in [-0.2, 0) is 0 Å². The van der Waals surface area contributed by atoms with Crippen LogP contribution in [0.3, 0.4) is 0 Å². The van der Waals surface area contributed by atoms with Crippen LogP contribution in [-0.4, -0.2) is 40.7 Å². The Labute approximate surface area is 175 Å². The summed E-state index contributed by atoms with van der Waals surface area (Å²) in [5, 5.41) is 4.25. The SMILES string of the molecule is Cc1ccc2c(Nc3ccc4c(c3)OCO4)c(C(=O)N3CCC[C@@H](C)C3)cnc2n1. The molecule has 4 heterocycles. The summed E-state index contributed by atoms with van der Waals surface area (Å²) in [6.07, 6.45) is 3.83. The highest BCUT2D eigenvalue weighted by atomic mass is 16.7. The van der Waals surface area contributed by atoms with E-state index >= 15 is 0 Å². The second-order valence-corrected chi connectivity index (χ2v) is 8.06. The van der Waals surface area contributed by atoms with Gasteiger partial charge < -0.3 is 19.7 Å². The van der Waals surface area contributed by atoms with Gasteiger partial charge in [-0.15, -0.1) is 0 Å². The number of hydrogen-bond donors (Lipinski definition) is 1. The monoisotopic (exact) mass is 404 g/mol. The van der Waals surface area contributed by atoms with Gasteiger partial charge in [-0.1, -0.05) is 6.92 Å². The first-order valence-electron chi connectivity index (χ1n) is 10.3. The third-order valence-corrected chi connectivity index (χ3v) is 5.69. The third-order valence-electron chi connectivity index (χ3n) is 5.69. The molecule has 1 atom stereocenters. The summed E-state index contributed by atoms with van der Waals surface area (Å²) in [7, 11) is 0. The van der Waals surface area contributed by atoms with E-state index in [4.69, 9.17) is 9.47 Å². The van der Waals surface area contributed by atoms with Crippen molar-refractivity contribution in [2.45, 2.75) is 26.7 Å². The molecule has 1 N–H and O–H groups in total. The van der Waals surface area contributed by atoms with Crippen molar-refractivity contribution in [3.8, 4) is 11.5 Å². The number of anilines is 2. The second kappa shape index (κ2) is 7.48. The Hall–Kier alpha value is -3.35. The average Bonchev–Trinajstić information content (AvgIpc) is 3.21. The summed E-state index contributed by atoms with van der Waals surface area (Å²) in [4.78, 5) is 24.4. The number of aryl methyl sites for hydroxylation is 1. The molecule has 1 saturated heterocycles. The molecule has 0 bridgehead atoms. The van der Waals surface area contributed by atoms with Gasteiger partial charge in [0.25, 0.3) is 5.91 Å². The smallest absolute Gasteiger partial charge is 0.257 e. The molecule has 0 unspecified atom stereocenters. The molecule has 0 saturated carbocycles. The molecule has 2 aliphatic rings. The molecule has 0 radical (unpaired) electrons. The van der Waals surface area contributed by atoms with Gasteiger partial charge in [0.05, 0.1) is 11.3 Å². The van der Waals surface area contributed by atoms with Crippen LogP contribution < -0.4 is 14.8 Å². The van der Waals surface area contributed by atoms with E-state index in [-0.39, 0.29) is 12.7 Å². The lowest BCUT2D eigenvalue weighted by molar-refractivity contribution is 0.0684. The number of carbonyl (C=O) groups excluding carboxylic acids is 1. The number of fused-ring (bicyclic) bond motifs is 2. The number of amides is 1. The molecule has 7 nitrogen and oxygen atoms in total. The van der Waals surface area contributed by atoms with Crippen molar-refractivity contribution in [2.24, 2.45) is 5.92 Å². The van der Waals surface area contributed by atoms with Gasteiger partial charge in [-0.25, -0.2) is 9.97 Å². The Morgan fingerprint density at radius 3 is 2.93 bits per heavy atom. The number of carbonyl (C=O) groups is 1. The first kappa shape index (κ1) is 18.7. The summed E-state index contributed by atoms with van der Waals surface area (Å²) in [6, 6.07) is 9.57. The second-order valence-electron chi connectivity index (χ2n) is 8.06. The van der Waals surface area contributed by atoms with E-state index in [9.17, 15) is 4.79 Å². The summed E-state index contributed by atoms with van der Waals surface area (Å²) in [5.41, 5.74) is 3.58. The minimum Gasteiger partial charge on any atom is -0.454 e. The van der Waals surface area contributed by atoms with Gasteiger partial charge in [-0.2, -0.15) is 0 Å². The Morgan fingerprint density at radius 2 is 2.07 bits per heavy atom. The van der Waals surface area contributed by atoms with E-state index < -0.39 is 0 Å². The van der Waals surface area contributed by atoms with Crippen LogP contribution in [0.1, 0.15) is 35.8 Å². The van der Waals surface area contributed by atoms with Crippen LogP contribution >= 0.6 is 0 Å². The van der Waals surface area contributed by atoms with E-state index in [0.29, 0.717) is 22.9 Å². The van der Waals surface area contributed by atoms with Crippen molar-refractivity contribution >= 4 is 28.3 Å². The van der Waals surface area contributed by atoms with E-state index in [0.717, 1.165) is 54.1 Å². The van der Waals surface area contributed by atoms with E-state index in [1.807, 2.05) is 42.2 Å². The van der Waals surface area contributed by atoms with Crippen molar-refractivity contribution in [1.29, 1.82) is 0 Å². The molecular weight excluding hydrogens is 380 g/mol. The molecule has 1 amide bonds. The summed E-state index contributed by atoms with van der Waals surface area (Å²) in [5.74, 6) is 1.91. The zero-order valence-corrected chi connectivity index (χ0v) is 17.1. The van der Waals surface area contributed by atoms with Crippen molar-refractivity contribution in [3.63, 3.8) is 0 Å². The van der Waals surface area contributed by atoms with Crippen LogP contribution in [0.4, 0.5) is 11.4 Å². The zero-order chi connectivity index (χ0) is 20.7. The molecule has 2 aromatic heterocycles.